The molecule has 3 aromatic rings. The molecule has 11 heteroatoms. The lowest BCUT2D eigenvalue weighted by Gasteiger charge is -2.27. The number of carbonyl (C=O) groups is 2. The lowest BCUT2D eigenvalue weighted by Crippen LogP contribution is -2.40. The van der Waals surface area contributed by atoms with E-state index >= 15 is 0 Å². The van der Waals surface area contributed by atoms with Gasteiger partial charge < -0.3 is 14.2 Å². The van der Waals surface area contributed by atoms with Crippen molar-refractivity contribution in [1.82, 2.24) is 0 Å². The molecule has 0 bridgehead atoms. The van der Waals surface area contributed by atoms with Gasteiger partial charge in [-0.15, -0.1) is 0 Å². The highest BCUT2D eigenvalue weighted by Gasteiger charge is 2.36. The summed E-state index contributed by atoms with van der Waals surface area (Å²) in [6.45, 7) is 2.31. The van der Waals surface area contributed by atoms with Crippen LogP contribution in [0.3, 0.4) is 0 Å². The largest absolute Gasteiger partial charge is 0.489 e. The highest BCUT2D eigenvalue weighted by atomic mass is 32.2. The maximum atomic E-state index is 13.5. The Morgan fingerprint density at radius 3 is 2.14 bits per heavy atom. The molecule has 0 aliphatic carbocycles. The van der Waals surface area contributed by atoms with E-state index in [9.17, 15) is 19.7 Å². The van der Waals surface area contributed by atoms with E-state index in [1.54, 1.807) is 59.9 Å². The molecule has 2 aliphatic rings. The SMILES string of the molecule is O=C1c2cccc3c([N+](=O)[O-])ccc(c23)C(=O)N1c1ccc2c(c1)OCCSCCOCCSCCO2. The zero-order chi connectivity index (χ0) is 25.8. The van der Waals surface area contributed by atoms with Gasteiger partial charge >= 0.3 is 0 Å². The summed E-state index contributed by atoms with van der Waals surface area (Å²) in [5.74, 6) is 3.19. The molecule has 5 rings (SSSR count). The van der Waals surface area contributed by atoms with E-state index in [1.807, 2.05) is 0 Å². The van der Waals surface area contributed by atoms with E-state index in [1.165, 1.54) is 12.1 Å². The monoisotopic (exact) mass is 540 g/mol. The van der Waals surface area contributed by atoms with E-state index in [2.05, 4.69) is 0 Å². The van der Waals surface area contributed by atoms with Crippen molar-refractivity contribution in [3.05, 3.63) is 69.8 Å². The third-order valence-electron chi connectivity index (χ3n) is 5.98. The van der Waals surface area contributed by atoms with Crippen LogP contribution in [0.1, 0.15) is 20.7 Å². The summed E-state index contributed by atoms with van der Waals surface area (Å²) in [7, 11) is 0. The number of nitro benzene ring substituents is 1. The van der Waals surface area contributed by atoms with Gasteiger partial charge in [0.25, 0.3) is 17.5 Å². The van der Waals surface area contributed by atoms with Crippen molar-refractivity contribution in [2.24, 2.45) is 0 Å². The lowest BCUT2D eigenvalue weighted by atomic mass is 9.92. The van der Waals surface area contributed by atoms with Crippen LogP contribution in [-0.2, 0) is 4.74 Å². The topological polar surface area (TPSA) is 108 Å². The van der Waals surface area contributed by atoms with Gasteiger partial charge in [-0.25, -0.2) is 4.90 Å². The number of thioether (sulfide) groups is 2. The average Bonchev–Trinajstić information content (AvgIpc) is 2.91. The average molecular weight is 541 g/mol. The number of amides is 2. The van der Waals surface area contributed by atoms with Crippen LogP contribution in [0.4, 0.5) is 11.4 Å². The minimum Gasteiger partial charge on any atom is -0.489 e. The number of ether oxygens (including phenoxy) is 3. The zero-order valence-corrected chi connectivity index (χ0v) is 21.5. The number of hydrogen-bond acceptors (Lipinski definition) is 9. The summed E-state index contributed by atoms with van der Waals surface area (Å²) < 4.78 is 17.6. The van der Waals surface area contributed by atoms with Crippen molar-refractivity contribution in [3.8, 4) is 11.5 Å². The molecule has 0 saturated heterocycles. The number of carbonyl (C=O) groups excluding carboxylic acids is 2. The molecule has 2 heterocycles. The molecule has 0 unspecified atom stereocenters. The minimum absolute atomic E-state index is 0.148. The van der Waals surface area contributed by atoms with Crippen molar-refractivity contribution in [1.29, 1.82) is 0 Å². The Morgan fingerprint density at radius 1 is 0.784 bits per heavy atom. The van der Waals surface area contributed by atoms with Gasteiger partial charge in [-0.1, -0.05) is 6.07 Å². The number of non-ortho nitro benzene ring substituents is 1. The van der Waals surface area contributed by atoms with Crippen LogP contribution < -0.4 is 14.4 Å². The summed E-state index contributed by atoms with van der Waals surface area (Å²) >= 11 is 3.46. The van der Waals surface area contributed by atoms with Gasteiger partial charge in [0.15, 0.2) is 11.5 Å². The maximum Gasteiger partial charge on any atom is 0.277 e. The lowest BCUT2D eigenvalue weighted by molar-refractivity contribution is -0.383. The second-order valence-electron chi connectivity index (χ2n) is 8.23. The highest BCUT2D eigenvalue weighted by Crippen LogP contribution is 2.39. The van der Waals surface area contributed by atoms with Gasteiger partial charge in [0.1, 0.15) is 0 Å². The molecule has 0 saturated carbocycles. The van der Waals surface area contributed by atoms with Crippen molar-refractivity contribution in [2.75, 3.05) is 54.3 Å². The first-order valence-corrected chi connectivity index (χ1v) is 14.1. The number of hydrogen-bond donors (Lipinski definition) is 0. The molecule has 0 radical (unpaired) electrons. The number of nitro groups is 1. The van der Waals surface area contributed by atoms with Gasteiger partial charge in [-0.2, -0.15) is 23.5 Å². The quantitative estimate of drug-likeness (QED) is 0.257. The van der Waals surface area contributed by atoms with E-state index in [4.69, 9.17) is 14.2 Å². The molecule has 9 nitrogen and oxygen atoms in total. The van der Waals surface area contributed by atoms with Crippen LogP contribution >= 0.6 is 23.5 Å². The molecule has 192 valence electrons. The predicted molar refractivity (Wildman–Crippen MR) is 145 cm³/mol. The van der Waals surface area contributed by atoms with Crippen LogP contribution in [0.15, 0.2) is 48.5 Å². The Balaban J connectivity index is 1.47. The van der Waals surface area contributed by atoms with Crippen molar-refractivity contribution in [2.45, 2.75) is 0 Å². The molecule has 2 aliphatic heterocycles. The van der Waals surface area contributed by atoms with E-state index in [-0.39, 0.29) is 22.2 Å². The van der Waals surface area contributed by atoms with Crippen molar-refractivity contribution in [3.63, 3.8) is 0 Å². The second-order valence-corrected chi connectivity index (χ2v) is 10.7. The fourth-order valence-corrected chi connectivity index (χ4v) is 5.59. The summed E-state index contributed by atoms with van der Waals surface area (Å²) in [5, 5.41) is 12.1. The minimum atomic E-state index is -0.548. The zero-order valence-electron chi connectivity index (χ0n) is 19.8. The van der Waals surface area contributed by atoms with Gasteiger partial charge in [0, 0.05) is 51.7 Å². The van der Waals surface area contributed by atoms with Crippen LogP contribution in [0.2, 0.25) is 0 Å². The maximum absolute atomic E-state index is 13.5. The van der Waals surface area contributed by atoms with Gasteiger partial charge in [-0.05, 0) is 30.3 Å². The number of rotatable bonds is 2. The van der Waals surface area contributed by atoms with Crippen molar-refractivity contribution < 1.29 is 28.7 Å². The fourth-order valence-electron chi connectivity index (χ4n) is 4.31. The number of anilines is 1. The van der Waals surface area contributed by atoms with Gasteiger partial charge in [0.05, 0.1) is 42.4 Å². The highest BCUT2D eigenvalue weighted by molar-refractivity contribution is 7.99. The predicted octanol–water partition coefficient (Wildman–Crippen LogP) is 4.80. The van der Waals surface area contributed by atoms with E-state index in [0.29, 0.717) is 49.0 Å². The Hall–Kier alpha value is -3.28. The molecular weight excluding hydrogens is 516 g/mol. The molecule has 0 spiro atoms. The molecule has 2 amide bonds. The molecule has 0 aromatic heterocycles. The van der Waals surface area contributed by atoms with Gasteiger partial charge in [-0.3, -0.25) is 19.7 Å². The molecule has 0 atom stereocenters. The summed E-state index contributed by atoms with van der Waals surface area (Å²) in [6, 6.07) is 12.4. The molecule has 0 fully saturated rings. The Kier molecular flexibility index (Phi) is 7.82. The Labute approximate surface area is 221 Å². The first-order chi connectivity index (χ1) is 18.1. The number of fused-ring (bicyclic) bond motifs is 1. The summed E-state index contributed by atoms with van der Waals surface area (Å²) in [6.07, 6.45) is 0. The number of nitrogens with zero attached hydrogens (tertiary/aromatic N) is 2. The van der Waals surface area contributed by atoms with Crippen molar-refractivity contribution >= 4 is 57.5 Å². The molecule has 37 heavy (non-hydrogen) atoms. The first-order valence-electron chi connectivity index (χ1n) is 11.8. The van der Waals surface area contributed by atoms with E-state index in [0.717, 1.165) is 27.9 Å². The first kappa shape index (κ1) is 25.4. The fraction of sp³-hybridized carbons (Fsp3) is 0.308. The Morgan fingerprint density at radius 2 is 1.43 bits per heavy atom. The molecule has 0 N–H and O–H groups in total. The third-order valence-corrected chi connectivity index (χ3v) is 7.80. The Bertz CT molecular complexity index is 1340. The van der Waals surface area contributed by atoms with Crippen LogP contribution in [0, 0.1) is 10.1 Å². The van der Waals surface area contributed by atoms with Gasteiger partial charge in [0.2, 0.25) is 0 Å². The summed E-state index contributed by atoms with van der Waals surface area (Å²) in [4.78, 5) is 39.1. The van der Waals surface area contributed by atoms with E-state index < -0.39 is 16.7 Å². The van der Waals surface area contributed by atoms with Crippen LogP contribution in [-0.4, -0.2) is 66.2 Å². The third kappa shape index (κ3) is 5.25. The number of benzene rings is 3. The normalized spacial score (nSPS) is 17.2. The smallest absolute Gasteiger partial charge is 0.277 e. The standard InChI is InChI=1S/C26H24N2O7S2/c29-25-19-3-1-2-18-21(28(31)32)6-5-20(24(18)19)26(30)27(25)17-4-7-22-23(16-17)35-11-15-37-13-9-33-8-12-36-14-10-34-22/h1-7,16H,8-15H2. The second kappa shape index (κ2) is 11.4. The number of imide groups is 1. The summed E-state index contributed by atoms with van der Waals surface area (Å²) in [5.41, 5.74) is 0.663. The molecular formula is C26H24N2O7S2. The van der Waals surface area contributed by atoms with Crippen LogP contribution in [0.5, 0.6) is 11.5 Å². The van der Waals surface area contributed by atoms with Crippen LogP contribution in [0.25, 0.3) is 10.8 Å². The molecule has 3 aromatic carbocycles.